The van der Waals surface area contributed by atoms with E-state index in [1.165, 1.54) is 4.90 Å². The highest BCUT2D eigenvalue weighted by molar-refractivity contribution is 5.94. The smallest absolute Gasteiger partial charge is 0.259 e. The first-order valence-corrected chi connectivity index (χ1v) is 5.61. The van der Waals surface area contributed by atoms with Crippen LogP contribution in [0.5, 0.6) is 0 Å². The topological polar surface area (TPSA) is 23.6 Å². The van der Waals surface area contributed by atoms with E-state index >= 15 is 0 Å². The van der Waals surface area contributed by atoms with E-state index in [4.69, 9.17) is 0 Å². The molecule has 0 aliphatic carbocycles. The van der Waals surface area contributed by atoms with E-state index in [9.17, 15) is 18.0 Å². The van der Waals surface area contributed by atoms with Crippen molar-refractivity contribution in [2.45, 2.75) is 0 Å². The molecule has 3 nitrogen and oxygen atoms in total. The molecule has 0 radical (unpaired) electrons. The van der Waals surface area contributed by atoms with Crippen molar-refractivity contribution in [3.63, 3.8) is 0 Å². The molecule has 1 saturated heterocycles. The van der Waals surface area contributed by atoms with Gasteiger partial charge < -0.3 is 9.80 Å². The summed E-state index contributed by atoms with van der Waals surface area (Å²) in [6, 6.07) is 1.04. The standard InChI is InChI=1S/C12H13F3N2O/c1-16-2-4-17(5-3-16)12(18)11-9(14)6-8(13)7-10(11)15/h6-7H,2-5H2,1H3. The number of carbonyl (C=O) groups is 1. The number of benzene rings is 1. The van der Waals surface area contributed by atoms with Crippen LogP contribution in [-0.4, -0.2) is 48.9 Å². The monoisotopic (exact) mass is 258 g/mol. The van der Waals surface area contributed by atoms with Gasteiger partial charge in [-0.2, -0.15) is 0 Å². The summed E-state index contributed by atoms with van der Waals surface area (Å²) in [5.74, 6) is -4.06. The summed E-state index contributed by atoms with van der Waals surface area (Å²) in [6.45, 7) is 2.11. The van der Waals surface area contributed by atoms with E-state index in [1.807, 2.05) is 11.9 Å². The van der Waals surface area contributed by atoms with Gasteiger partial charge in [0.25, 0.3) is 5.91 Å². The largest absolute Gasteiger partial charge is 0.336 e. The summed E-state index contributed by atoms with van der Waals surface area (Å²) in [7, 11) is 1.90. The van der Waals surface area contributed by atoms with Crippen LogP contribution in [-0.2, 0) is 0 Å². The van der Waals surface area contributed by atoms with Crippen LogP contribution in [0.2, 0.25) is 0 Å². The van der Waals surface area contributed by atoms with E-state index in [-0.39, 0.29) is 0 Å². The van der Waals surface area contributed by atoms with Crippen molar-refractivity contribution < 1.29 is 18.0 Å². The lowest BCUT2D eigenvalue weighted by atomic mass is 10.1. The average Bonchev–Trinajstić information content (AvgIpc) is 2.28. The van der Waals surface area contributed by atoms with Crippen molar-refractivity contribution in [2.24, 2.45) is 0 Å². The summed E-state index contributed by atoms with van der Waals surface area (Å²) in [4.78, 5) is 15.4. The van der Waals surface area contributed by atoms with Gasteiger partial charge in [-0.25, -0.2) is 13.2 Å². The number of hydrogen-bond donors (Lipinski definition) is 0. The molecule has 1 aliphatic rings. The molecule has 1 aromatic carbocycles. The molecule has 1 aliphatic heterocycles. The molecule has 0 aromatic heterocycles. The van der Waals surface area contributed by atoms with E-state index in [1.54, 1.807) is 0 Å². The number of hydrogen-bond acceptors (Lipinski definition) is 2. The third-order valence-corrected chi connectivity index (χ3v) is 3.01. The van der Waals surface area contributed by atoms with Crippen LogP contribution in [0.3, 0.4) is 0 Å². The second-order valence-corrected chi connectivity index (χ2v) is 4.34. The predicted molar refractivity (Wildman–Crippen MR) is 59.7 cm³/mol. The van der Waals surface area contributed by atoms with Gasteiger partial charge in [0.05, 0.1) is 0 Å². The summed E-state index contributed by atoms with van der Waals surface area (Å²) < 4.78 is 39.7. The Morgan fingerprint density at radius 3 is 2.06 bits per heavy atom. The van der Waals surface area contributed by atoms with Gasteiger partial charge >= 0.3 is 0 Å². The zero-order chi connectivity index (χ0) is 13.3. The second-order valence-electron chi connectivity index (χ2n) is 4.34. The van der Waals surface area contributed by atoms with Crippen LogP contribution < -0.4 is 0 Å². The summed E-state index contributed by atoms with van der Waals surface area (Å²) >= 11 is 0. The van der Waals surface area contributed by atoms with Crippen molar-refractivity contribution in [1.82, 2.24) is 9.80 Å². The SMILES string of the molecule is CN1CCN(C(=O)c2c(F)cc(F)cc2F)CC1. The molecule has 6 heteroatoms. The molecule has 1 heterocycles. The van der Waals surface area contributed by atoms with E-state index in [2.05, 4.69) is 0 Å². The molecular formula is C12H13F3N2O. The first-order valence-electron chi connectivity index (χ1n) is 5.61. The molecule has 1 amide bonds. The fourth-order valence-electron chi connectivity index (χ4n) is 1.91. The Labute approximate surface area is 103 Å². The van der Waals surface area contributed by atoms with Crippen molar-refractivity contribution in [2.75, 3.05) is 33.2 Å². The van der Waals surface area contributed by atoms with Crippen molar-refractivity contribution in [1.29, 1.82) is 0 Å². The maximum atomic E-state index is 13.5. The molecule has 18 heavy (non-hydrogen) atoms. The predicted octanol–water partition coefficient (Wildman–Crippen LogP) is 1.49. The second kappa shape index (κ2) is 4.97. The van der Waals surface area contributed by atoms with Crippen molar-refractivity contribution >= 4 is 5.91 Å². The van der Waals surface area contributed by atoms with Crippen LogP contribution in [0.4, 0.5) is 13.2 Å². The minimum atomic E-state index is -1.16. The van der Waals surface area contributed by atoms with Gasteiger partial charge in [-0.3, -0.25) is 4.79 Å². The highest BCUT2D eigenvalue weighted by Gasteiger charge is 2.26. The zero-order valence-corrected chi connectivity index (χ0v) is 9.92. The molecule has 0 bridgehead atoms. The highest BCUT2D eigenvalue weighted by Crippen LogP contribution is 2.17. The van der Waals surface area contributed by atoms with Gasteiger partial charge in [0.2, 0.25) is 0 Å². The summed E-state index contributed by atoms with van der Waals surface area (Å²) in [5.41, 5.74) is -0.680. The van der Waals surface area contributed by atoms with Crippen LogP contribution in [0.1, 0.15) is 10.4 Å². The molecule has 98 valence electrons. The number of halogens is 3. The molecule has 1 aromatic rings. The van der Waals surface area contributed by atoms with Gasteiger partial charge in [0.15, 0.2) is 0 Å². The quantitative estimate of drug-likeness (QED) is 0.762. The van der Waals surface area contributed by atoms with Gasteiger partial charge in [0.1, 0.15) is 23.0 Å². The maximum Gasteiger partial charge on any atom is 0.259 e. The Balaban J connectivity index is 2.24. The minimum Gasteiger partial charge on any atom is -0.336 e. The number of rotatable bonds is 1. The molecule has 0 spiro atoms. The first kappa shape index (κ1) is 12.9. The van der Waals surface area contributed by atoms with Gasteiger partial charge in [-0.1, -0.05) is 0 Å². The summed E-state index contributed by atoms with van der Waals surface area (Å²) in [5, 5.41) is 0. The van der Waals surface area contributed by atoms with Crippen molar-refractivity contribution in [3.8, 4) is 0 Å². The van der Waals surface area contributed by atoms with E-state index in [0.717, 1.165) is 0 Å². The lowest BCUT2D eigenvalue weighted by molar-refractivity contribution is 0.0654. The zero-order valence-electron chi connectivity index (χ0n) is 9.92. The number of likely N-dealkylation sites (N-methyl/N-ethyl adjacent to an activating group) is 1. The number of nitrogens with zero attached hydrogens (tertiary/aromatic N) is 2. The average molecular weight is 258 g/mol. The fourth-order valence-corrected chi connectivity index (χ4v) is 1.91. The van der Waals surface area contributed by atoms with Gasteiger partial charge in [-0.05, 0) is 7.05 Å². The highest BCUT2D eigenvalue weighted by atomic mass is 19.1. The normalized spacial score (nSPS) is 17.0. The number of piperazine rings is 1. The molecule has 0 N–H and O–H groups in total. The Kier molecular flexibility index (Phi) is 3.56. The molecule has 0 unspecified atom stereocenters. The van der Waals surface area contributed by atoms with E-state index in [0.29, 0.717) is 38.3 Å². The van der Waals surface area contributed by atoms with Crippen LogP contribution in [0.15, 0.2) is 12.1 Å². The van der Waals surface area contributed by atoms with Crippen molar-refractivity contribution in [3.05, 3.63) is 35.1 Å². The Morgan fingerprint density at radius 2 is 1.56 bits per heavy atom. The number of carbonyl (C=O) groups excluding carboxylic acids is 1. The third-order valence-electron chi connectivity index (χ3n) is 3.01. The third kappa shape index (κ3) is 2.48. The number of amides is 1. The minimum absolute atomic E-state index is 0.408. The fraction of sp³-hybridized carbons (Fsp3) is 0.417. The molecule has 1 fully saturated rings. The lowest BCUT2D eigenvalue weighted by Crippen LogP contribution is -2.47. The molecule has 0 atom stereocenters. The maximum absolute atomic E-state index is 13.5. The Bertz CT molecular complexity index is 447. The van der Waals surface area contributed by atoms with E-state index < -0.39 is 28.9 Å². The van der Waals surface area contributed by atoms with Crippen LogP contribution in [0, 0.1) is 17.5 Å². The molecule has 0 saturated carbocycles. The van der Waals surface area contributed by atoms with Gasteiger partial charge in [-0.15, -0.1) is 0 Å². The first-order chi connectivity index (χ1) is 8.49. The Morgan fingerprint density at radius 1 is 1.06 bits per heavy atom. The summed E-state index contributed by atoms with van der Waals surface area (Å²) in [6.07, 6.45) is 0. The Hall–Kier alpha value is -1.56. The molecular weight excluding hydrogens is 245 g/mol. The van der Waals surface area contributed by atoms with Gasteiger partial charge in [0, 0.05) is 38.3 Å². The van der Waals surface area contributed by atoms with Crippen LogP contribution >= 0.6 is 0 Å². The molecule has 2 rings (SSSR count). The van der Waals surface area contributed by atoms with Crippen LogP contribution in [0.25, 0.3) is 0 Å². The lowest BCUT2D eigenvalue weighted by Gasteiger charge is -2.32.